The Morgan fingerprint density at radius 3 is 3.10 bits per heavy atom. The minimum atomic E-state index is 0.00246. The molecule has 1 amide bonds. The van der Waals surface area contributed by atoms with Crippen molar-refractivity contribution >= 4 is 16.8 Å². The summed E-state index contributed by atoms with van der Waals surface area (Å²) in [5.74, 6) is 0.698. The lowest BCUT2D eigenvalue weighted by Crippen LogP contribution is -2.26. The highest BCUT2D eigenvalue weighted by Crippen LogP contribution is 2.18. The molecule has 21 heavy (non-hydrogen) atoms. The molecule has 1 saturated heterocycles. The molecule has 4 heteroatoms. The fourth-order valence-corrected chi connectivity index (χ4v) is 2.94. The van der Waals surface area contributed by atoms with Crippen molar-refractivity contribution in [1.29, 1.82) is 0 Å². The van der Waals surface area contributed by atoms with Gasteiger partial charge in [-0.05, 0) is 50.9 Å². The Bertz CT molecular complexity index is 648. The number of hydrogen-bond acceptors (Lipinski definition) is 3. The summed E-state index contributed by atoms with van der Waals surface area (Å²) in [5.41, 5.74) is 2.48. The van der Waals surface area contributed by atoms with E-state index in [0.717, 1.165) is 48.2 Å². The number of hydrogen-bond donors (Lipinski definition) is 2. The molecular formula is C17H21N3O. The third kappa shape index (κ3) is 3.22. The van der Waals surface area contributed by atoms with E-state index in [-0.39, 0.29) is 5.91 Å². The second-order valence-electron chi connectivity index (χ2n) is 5.73. The van der Waals surface area contributed by atoms with Crippen molar-refractivity contribution in [2.45, 2.75) is 19.8 Å². The number of para-hydroxylation sites is 1. The maximum absolute atomic E-state index is 12.4. The van der Waals surface area contributed by atoms with E-state index in [0.29, 0.717) is 5.92 Å². The zero-order valence-electron chi connectivity index (χ0n) is 12.4. The number of benzene rings is 1. The summed E-state index contributed by atoms with van der Waals surface area (Å²) in [5, 5.41) is 7.32. The van der Waals surface area contributed by atoms with E-state index in [9.17, 15) is 4.79 Å². The fourth-order valence-electron chi connectivity index (χ4n) is 2.94. The van der Waals surface area contributed by atoms with Crippen LogP contribution in [-0.4, -0.2) is 30.5 Å². The Kier molecular flexibility index (Phi) is 4.15. The third-order valence-electron chi connectivity index (χ3n) is 4.09. The van der Waals surface area contributed by atoms with Crippen LogP contribution in [0.15, 0.2) is 30.3 Å². The molecule has 1 aromatic carbocycles. The van der Waals surface area contributed by atoms with Gasteiger partial charge in [-0.3, -0.25) is 9.78 Å². The lowest BCUT2D eigenvalue weighted by Gasteiger charge is -2.11. The summed E-state index contributed by atoms with van der Waals surface area (Å²) in [6.07, 6.45) is 2.26. The zero-order valence-corrected chi connectivity index (χ0v) is 12.4. The number of carbonyl (C=O) groups excluding carboxylic acids is 1. The molecule has 2 N–H and O–H groups in total. The second-order valence-corrected chi connectivity index (χ2v) is 5.73. The lowest BCUT2D eigenvalue weighted by atomic mass is 10.0. The minimum Gasteiger partial charge on any atom is -0.352 e. The van der Waals surface area contributed by atoms with Gasteiger partial charge in [0.1, 0.15) is 0 Å². The molecule has 1 aromatic heterocycles. The topological polar surface area (TPSA) is 54.0 Å². The average Bonchev–Trinajstić information content (AvgIpc) is 2.99. The zero-order chi connectivity index (χ0) is 14.7. The summed E-state index contributed by atoms with van der Waals surface area (Å²) in [6.45, 7) is 4.84. The molecule has 1 fully saturated rings. The van der Waals surface area contributed by atoms with E-state index in [4.69, 9.17) is 0 Å². The molecule has 110 valence electrons. The molecule has 0 spiro atoms. The quantitative estimate of drug-likeness (QED) is 0.905. The van der Waals surface area contributed by atoms with Crippen molar-refractivity contribution in [2.24, 2.45) is 5.92 Å². The van der Waals surface area contributed by atoms with Crippen molar-refractivity contribution < 1.29 is 4.79 Å². The molecule has 1 unspecified atom stereocenters. The first-order chi connectivity index (χ1) is 10.2. The van der Waals surface area contributed by atoms with Crippen LogP contribution in [0.5, 0.6) is 0 Å². The van der Waals surface area contributed by atoms with Crippen LogP contribution in [-0.2, 0) is 0 Å². The minimum absolute atomic E-state index is 0.00246. The molecule has 1 aliphatic rings. The number of aromatic nitrogens is 1. The summed E-state index contributed by atoms with van der Waals surface area (Å²) < 4.78 is 0. The Balaban J connectivity index is 1.71. The Morgan fingerprint density at radius 2 is 2.29 bits per heavy atom. The first-order valence-electron chi connectivity index (χ1n) is 7.59. The molecule has 0 bridgehead atoms. The molecular weight excluding hydrogens is 262 g/mol. The van der Waals surface area contributed by atoms with Gasteiger partial charge >= 0.3 is 0 Å². The number of aryl methyl sites for hydroxylation is 1. The van der Waals surface area contributed by atoms with Crippen molar-refractivity contribution in [3.63, 3.8) is 0 Å². The molecule has 0 saturated carbocycles. The molecule has 3 rings (SSSR count). The Labute approximate surface area is 125 Å². The van der Waals surface area contributed by atoms with Gasteiger partial charge in [-0.25, -0.2) is 0 Å². The predicted molar refractivity (Wildman–Crippen MR) is 84.4 cm³/mol. The normalized spacial score (nSPS) is 18.0. The maximum atomic E-state index is 12.4. The lowest BCUT2D eigenvalue weighted by molar-refractivity contribution is 0.0953. The van der Waals surface area contributed by atoms with E-state index in [2.05, 4.69) is 15.6 Å². The summed E-state index contributed by atoms with van der Waals surface area (Å²) in [4.78, 5) is 16.9. The molecule has 4 nitrogen and oxygen atoms in total. The van der Waals surface area contributed by atoms with Crippen molar-refractivity contribution in [2.75, 3.05) is 19.6 Å². The van der Waals surface area contributed by atoms with Crippen LogP contribution < -0.4 is 10.6 Å². The monoisotopic (exact) mass is 283 g/mol. The van der Waals surface area contributed by atoms with Crippen molar-refractivity contribution in [1.82, 2.24) is 15.6 Å². The third-order valence-corrected chi connectivity index (χ3v) is 4.09. The molecule has 2 heterocycles. The number of pyridine rings is 1. The van der Waals surface area contributed by atoms with E-state index in [1.807, 2.05) is 37.3 Å². The number of fused-ring (bicyclic) bond motifs is 1. The van der Waals surface area contributed by atoms with E-state index in [1.165, 1.54) is 6.42 Å². The summed E-state index contributed by atoms with van der Waals surface area (Å²) in [7, 11) is 0. The van der Waals surface area contributed by atoms with Gasteiger partial charge in [-0.2, -0.15) is 0 Å². The number of nitrogens with zero attached hydrogens (tertiary/aromatic N) is 1. The van der Waals surface area contributed by atoms with Gasteiger partial charge in [0.15, 0.2) is 0 Å². The highest BCUT2D eigenvalue weighted by atomic mass is 16.1. The second kappa shape index (κ2) is 6.22. The smallest absolute Gasteiger partial charge is 0.252 e. The van der Waals surface area contributed by atoms with Gasteiger partial charge in [-0.1, -0.05) is 18.2 Å². The number of amides is 1. The average molecular weight is 283 g/mol. The highest BCUT2D eigenvalue weighted by Gasteiger charge is 2.15. The fraction of sp³-hybridized carbons (Fsp3) is 0.412. The standard InChI is InChI=1S/C17H21N3O/c1-12-10-15(14-4-2-3-5-16(14)20-12)17(21)19-9-7-13-6-8-18-11-13/h2-5,10,13,18H,6-9,11H2,1H3,(H,19,21). The van der Waals surface area contributed by atoms with Crippen LogP contribution >= 0.6 is 0 Å². The van der Waals surface area contributed by atoms with Gasteiger partial charge in [0.05, 0.1) is 11.1 Å². The maximum Gasteiger partial charge on any atom is 0.252 e. The van der Waals surface area contributed by atoms with Crippen LogP contribution in [0.25, 0.3) is 10.9 Å². The molecule has 0 radical (unpaired) electrons. The first kappa shape index (κ1) is 14.0. The van der Waals surface area contributed by atoms with Gasteiger partial charge in [-0.15, -0.1) is 0 Å². The molecule has 2 aromatic rings. The van der Waals surface area contributed by atoms with Gasteiger partial charge in [0.2, 0.25) is 0 Å². The highest BCUT2D eigenvalue weighted by molar-refractivity contribution is 6.06. The van der Waals surface area contributed by atoms with Gasteiger partial charge in [0.25, 0.3) is 5.91 Å². The first-order valence-corrected chi connectivity index (χ1v) is 7.59. The Morgan fingerprint density at radius 1 is 1.43 bits per heavy atom. The van der Waals surface area contributed by atoms with Crippen LogP contribution in [0.1, 0.15) is 28.9 Å². The van der Waals surface area contributed by atoms with Crippen LogP contribution in [0, 0.1) is 12.8 Å². The Hall–Kier alpha value is -1.94. The van der Waals surface area contributed by atoms with Crippen molar-refractivity contribution in [3.8, 4) is 0 Å². The molecule has 1 aliphatic heterocycles. The summed E-state index contributed by atoms with van der Waals surface area (Å²) >= 11 is 0. The molecule has 0 aliphatic carbocycles. The largest absolute Gasteiger partial charge is 0.352 e. The van der Waals surface area contributed by atoms with Crippen molar-refractivity contribution in [3.05, 3.63) is 41.6 Å². The molecule has 1 atom stereocenters. The van der Waals surface area contributed by atoms with Gasteiger partial charge < -0.3 is 10.6 Å². The number of rotatable bonds is 4. The van der Waals surface area contributed by atoms with E-state index >= 15 is 0 Å². The van der Waals surface area contributed by atoms with E-state index in [1.54, 1.807) is 0 Å². The predicted octanol–water partition coefficient (Wildman–Crippen LogP) is 2.27. The SMILES string of the molecule is Cc1cc(C(=O)NCCC2CCNC2)c2ccccc2n1. The van der Waals surface area contributed by atoms with E-state index < -0.39 is 0 Å². The van der Waals surface area contributed by atoms with Crippen LogP contribution in [0.2, 0.25) is 0 Å². The van der Waals surface area contributed by atoms with Crippen LogP contribution in [0.3, 0.4) is 0 Å². The number of carbonyl (C=O) groups is 1. The van der Waals surface area contributed by atoms with Gasteiger partial charge in [0, 0.05) is 17.6 Å². The summed E-state index contributed by atoms with van der Waals surface area (Å²) in [6, 6.07) is 9.67. The van der Waals surface area contributed by atoms with Crippen LogP contribution in [0.4, 0.5) is 0 Å². The number of nitrogens with one attached hydrogen (secondary N) is 2.